The summed E-state index contributed by atoms with van der Waals surface area (Å²) in [7, 11) is 0. The maximum atomic E-state index is 11.4. The number of nitrogen functional groups attached to an aromatic ring is 1. The normalized spacial score (nSPS) is 39.7. The Balaban J connectivity index is 1.84. The van der Waals surface area contributed by atoms with Crippen LogP contribution in [0.25, 0.3) is 0 Å². The number of H-pyrrole nitrogens is 1. The molecule has 0 spiro atoms. The minimum absolute atomic E-state index is 0.0482. The molecule has 0 saturated heterocycles. The molecule has 4 fully saturated rings. The molecule has 0 aromatic carbocycles. The van der Waals surface area contributed by atoms with E-state index >= 15 is 0 Å². The summed E-state index contributed by atoms with van der Waals surface area (Å²) in [6.45, 7) is 0. The van der Waals surface area contributed by atoms with Gasteiger partial charge in [-0.15, -0.1) is 0 Å². The summed E-state index contributed by atoms with van der Waals surface area (Å²) in [5.74, 6) is 1.51. The Morgan fingerprint density at radius 2 is 1.74 bits per heavy atom. The summed E-state index contributed by atoms with van der Waals surface area (Å²) < 4.78 is 0. The van der Waals surface area contributed by atoms with Crippen molar-refractivity contribution in [2.45, 2.75) is 43.9 Å². The van der Waals surface area contributed by atoms with Gasteiger partial charge in [0, 0.05) is 17.2 Å². The van der Waals surface area contributed by atoms with Gasteiger partial charge >= 0.3 is 5.97 Å². The number of rotatable bonds is 2. The highest BCUT2D eigenvalue weighted by atomic mass is 16.4. The van der Waals surface area contributed by atoms with E-state index in [2.05, 4.69) is 4.98 Å². The number of aromatic carboxylic acids is 1. The van der Waals surface area contributed by atoms with Crippen LogP contribution in [0.15, 0.2) is 6.20 Å². The third-order valence-electron chi connectivity index (χ3n) is 5.69. The van der Waals surface area contributed by atoms with Crippen LogP contribution in [-0.2, 0) is 5.41 Å². The lowest BCUT2D eigenvalue weighted by atomic mass is 9.48. The van der Waals surface area contributed by atoms with Crippen LogP contribution >= 0.6 is 0 Å². The van der Waals surface area contributed by atoms with Gasteiger partial charge in [0.1, 0.15) is 5.69 Å². The third kappa shape index (κ3) is 1.49. The first-order valence-electron chi connectivity index (χ1n) is 7.28. The number of carbonyl (C=O) groups is 1. The minimum atomic E-state index is -0.873. The Bertz CT molecular complexity index is 511. The van der Waals surface area contributed by atoms with Crippen molar-refractivity contribution in [3.63, 3.8) is 0 Å². The van der Waals surface area contributed by atoms with Crippen molar-refractivity contribution >= 4 is 11.7 Å². The molecule has 4 saturated carbocycles. The SMILES string of the molecule is Nc1c[nH]c(C(=O)O)c1C12CC3CC(CC(C3)C1)C2. The van der Waals surface area contributed by atoms with Crippen molar-refractivity contribution in [2.24, 2.45) is 17.8 Å². The zero-order valence-electron chi connectivity index (χ0n) is 11.0. The van der Waals surface area contributed by atoms with Gasteiger partial charge in [-0.05, 0) is 56.3 Å². The van der Waals surface area contributed by atoms with Gasteiger partial charge < -0.3 is 15.8 Å². The van der Waals surface area contributed by atoms with E-state index in [0.717, 1.165) is 42.6 Å². The smallest absolute Gasteiger partial charge is 0.352 e. The van der Waals surface area contributed by atoms with Gasteiger partial charge in [-0.2, -0.15) is 0 Å². The molecule has 0 atom stereocenters. The summed E-state index contributed by atoms with van der Waals surface area (Å²) >= 11 is 0. The number of aromatic amines is 1. The summed E-state index contributed by atoms with van der Waals surface area (Å²) in [5.41, 5.74) is 8.06. The molecule has 1 heterocycles. The lowest BCUT2D eigenvalue weighted by Gasteiger charge is -2.57. The quantitative estimate of drug-likeness (QED) is 0.765. The molecule has 4 aliphatic carbocycles. The molecule has 102 valence electrons. The van der Waals surface area contributed by atoms with Crippen LogP contribution in [0.4, 0.5) is 5.69 Å². The molecular formula is C15H20N2O2. The molecule has 19 heavy (non-hydrogen) atoms. The van der Waals surface area contributed by atoms with Gasteiger partial charge in [-0.1, -0.05) is 0 Å². The van der Waals surface area contributed by atoms with Crippen LogP contribution in [0, 0.1) is 17.8 Å². The monoisotopic (exact) mass is 260 g/mol. The van der Waals surface area contributed by atoms with Gasteiger partial charge in [0.2, 0.25) is 0 Å². The average molecular weight is 260 g/mol. The minimum Gasteiger partial charge on any atom is -0.477 e. The summed E-state index contributed by atoms with van der Waals surface area (Å²) in [5, 5.41) is 9.39. The number of hydrogen-bond donors (Lipinski definition) is 3. The van der Waals surface area contributed by atoms with Gasteiger partial charge in [-0.3, -0.25) is 0 Å². The third-order valence-corrected chi connectivity index (χ3v) is 5.69. The van der Waals surface area contributed by atoms with Crippen LogP contribution in [0.3, 0.4) is 0 Å². The molecule has 5 rings (SSSR count). The Kier molecular flexibility index (Phi) is 2.13. The van der Waals surface area contributed by atoms with E-state index in [1.165, 1.54) is 19.3 Å². The molecule has 4 aliphatic rings. The molecule has 0 aliphatic heterocycles. The van der Waals surface area contributed by atoms with Crippen molar-refractivity contribution < 1.29 is 9.90 Å². The second kappa shape index (κ2) is 3.56. The van der Waals surface area contributed by atoms with Crippen LogP contribution < -0.4 is 5.73 Å². The van der Waals surface area contributed by atoms with Crippen LogP contribution in [0.5, 0.6) is 0 Å². The van der Waals surface area contributed by atoms with E-state index in [1.807, 2.05) is 0 Å². The van der Waals surface area contributed by atoms with E-state index in [1.54, 1.807) is 6.20 Å². The van der Waals surface area contributed by atoms with E-state index in [4.69, 9.17) is 5.73 Å². The van der Waals surface area contributed by atoms with Crippen LogP contribution in [0.1, 0.15) is 54.6 Å². The summed E-state index contributed by atoms with van der Waals surface area (Å²) in [6.07, 6.45) is 9.14. The second-order valence-electron chi connectivity index (χ2n) is 7.00. The number of nitrogens with two attached hydrogens (primary N) is 1. The second-order valence-corrected chi connectivity index (χ2v) is 7.00. The van der Waals surface area contributed by atoms with E-state index in [-0.39, 0.29) is 5.41 Å². The first kappa shape index (κ1) is 11.4. The predicted octanol–water partition coefficient (Wildman–Crippen LogP) is 2.76. The molecular weight excluding hydrogens is 240 g/mol. The average Bonchev–Trinajstić information content (AvgIpc) is 2.70. The predicted molar refractivity (Wildman–Crippen MR) is 72.0 cm³/mol. The molecule has 4 nitrogen and oxygen atoms in total. The van der Waals surface area contributed by atoms with Crippen molar-refractivity contribution in [1.29, 1.82) is 0 Å². The van der Waals surface area contributed by atoms with Crippen molar-refractivity contribution in [3.8, 4) is 0 Å². The Morgan fingerprint density at radius 3 is 2.21 bits per heavy atom. The standard InChI is InChI=1S/C15H20N2O2/c16-11-7-17-13(14(18)19)12(11)15-4-8-1-9(5-15)3-10(2-8)6-15/h7-10,17H,1-6,16H2,(H,18,19). The lowest BCUT2D eigenvalue weighted by molar-refractivity contribution is -0.00544. The molecule has 4 heteroatoms. The fraction of sp³-hybridized carbons (Fsp3) is 0.667. The number of aromatic nitrogens is 1. The highest BCUT2D eigenvalue weighted by molar-refractivity contribution is 5.90. The molecule has 1 aromatic rings. The number of hydrogen-bond acceptors (Lipinski definition) is 2. The lowest BCUT2D eigenvalue weighted by Crippen LogP contribution is -2.49. The Morgan fingerprint density at radius 1 is 1.21 bits per heavy atom. The molecule has 4 bridgehead atoms. The van der Waals surface area contributed by atoms with E-state index in [9.17, 15) is 9.90 Å². The fourth-order valence-corrected chi connectivity index (χ4v) is 5.60. The number of nitrogens with one attached hydrogen (secondary N) is 1. The number of carboxylic acid groups (broad SMARTS) is 1. The highest BCUT2D eigenvalue weighted by Gasteiger charge is 2.53. The number of carboxylic acids is 1. The van der Waals surface area contributed by atoms with Crippen molar-refractivity contribution in [2.75, 3.05) is 5.73 Å². The molecule has 1 aromatic heterocycles. The maximum absolute atomic E-state index is 11.4. The summed E-state index contributed by atoms with van der Waals surface area (Å²) in [4.78, 5) is 14.3. The first-order chi connectivity index (χ1) is 9.07. The number of anilines is 1. The van der Waals surface area contributed by atoms with Crippen molar-refractivity contribution in [1.82, 2.24) is 4.98 Å². The topological polar surface area (TPSA) is 79.1 Å². The van der Waals surface area contributed by atoms with Gasteiger partial charge in [-0.25, -0.2) is 4.79 Å². The molecule has 4 N–H and O–H groups in total. The maximum Gasteiger partial charge on any atom is 0.352 e. The first-order valence-corrected chi connectivity index (χ1v) is 7.28. The highest BCUT2D eigenvalue weighted by Crippen LogP contribution is 2.61. The zero-order valence-corrected chi connectivity index (χ0v) is 11.0. The van der Waals surface area contributed by atoms with Gasteiger partial charge in [0.15, 0.2) is 0 Å². The van der Waals surface area contributed by atoms with E-state index in [0.29, 0.717) is 11.4 Å². The molecule has 0 unspecified atom stereocenters. The van der Waals surface area contributed by atoms with Crippen LogP contribution in [0.2, 0.25) is 0 Å². The van der Waals surface area contributed by atoms with Gasteiger partial charge in [0.05, 0.1) is 5.69 Å². The molecule has 0 amide bonds. The fourth-order valence-electron chi connectivity index (χ4n) is 5.60. The largest absolute Gasteiger partial charge is 0.477 e. The Hall–Kier alpha value is -1.45. The van der Waals surface area contributed by atoms with E-state index < -0.39 is 5.97 Å². The zero-order chi connectivity index (χ0) is 13.2. The van der Waals surface area contributed by atoms with Crippen LogP contribution in [-0.4, -0.2) is 16.1 Å². The summed E-state index contributed by atoms with van der Waals surface area (Å²) in [6, 6.07) is 0. The van der Waals surface area contributed by atoms with Crippen molar-refractivity contribution in [3.05, 3.63) is 17.5 Å². The van der Waals surface area contributed by atoms with Gasteiger partial charge in [0.25, 0.3) is 0 Å². The molecule has 0 radical (unpaired) electrons. The Labute approximate surface area is 112 Å².